The first-order valence-electron chi connectivity index (χ1n) is 30.2. The summed E-state index contributed by atoms with van der Waals surface area (Å²) in [5.74, 6) is -3.26. The number of carboxylic acids is 3. The van der Waals surface area contributed by atoms with Gasteiger partial charge in [-0.3, -0.25) is 4.79 Å². The van der Waals surface area contributed by atoms with Gasteiger partial charge in [-0.25, -0.2) is 13.1 Å². The molecule has 10 nitrogen and oxygen atoms in total. The molecule has 0 saturated carbocycles. The zero-order valence-corrected chi connectivity index (χ0v) is 52.8. The molecule has 2 rings (SSSR count). The molecule has 0 aromatic heterocycles. The molecule has 1 aromatic rings. The minimum Gasteiger partial charge on any atom is -0.550 e. The topological polar surface area (TPSA) is 184 Å². The first kappa shape index (κ1) is 79.3. The van der Waals surface area contributed by atoms with Crippen LogP contribution in [0.15, 0.2) is 29.2 Å². The second-order valence-corrected chi connectivity index (χ2v) is 22.3. The Bertz CT molecular complexity index is 1390. The molecule has 0 atom stereocenters. The molecule has 13 heteroatoms. The minimum absolute atomic E-state index is 0. The van der Waals surface area contributed by atoms with Crippen molar-refractivity contribution in [1.82, 2.24) is 4.72 Å². The van der Waals surface area contributed by atoms with Gasteiger partial charge in [0.05, 0.1) is 5.56 Å². The number of aliphatic carboxylic acids is 3. The van der Waals surface area contributed by atoms with Crippen LogP contribution in [0.1, 0.15) is 339 Å². The molecule has 1 aliphatic heterocycles. The Morgan fingerprint density at radius 3 is 0.743 bits per heavy atom. The van der Waals surface area contributed by atoms with E-state index in [0.717, 1.165) is 38.5 Å². The Hall–Kier alpha value is -1.18. The average molecular weight is 1080 g/mol. The van der Waals surface area contributed by atoms with E-state index in [0.29, 0.717) is 0 Å². The maximum Gasteiger partial charge on any atom is 2.00 e. The van der Waals surface area contributed by atoms with Crippen LogP contribution in [0.4, 0.5) is 0 Å². The molecule has 1 amide bonds. The Labute approximate surface area is 494 Å². The normalized spacial score (nSPS) is 11.8. The van der Waals surface area contributed by atoms with Gasteiger partial charge in [-0.05, 0) is 50.7 Å². The molecule has 1 heterocycles. The van der Waals surface area contributed by atoms with Gasteiger partial charge in [-0.2, -0.15) is 0 Å². The number of carbonyl (C=O) groups is 4. The van der Waals surface area contributed by atoms with Gasteiger partial charge in [0.15, 0.2) is 0 Å². The van der Waals surface area contributed by atoms with Crippen LogP contribution in [0.3, 0.4) is 0 Å². The first-order chi connectivity index (χ1) is 34.9. The molecule has 0 unspecified atom stereocenters. The molecular weight excluding hydrogens is 970 g/mol. The number of nitrogens with one attached hydrogen (secondary N) is 1. The Morgan fingerprint density at radius 1 is 0.365 bits per heavy atom. The van der Waals surface area contributed by atoms with E-state index in [9.17, 15) is 42.9 Å². The van der Waals surface area contributed by atoms with Crippen molar-refractivity contribution in [1.29, 1.82) is 0 Å². The average Bonchev–Trinajstić information content (AvgIpc) is 3.59. The summed E-state index contributed by atoms with van der Waals surface area (Å²) in [5, 5.41) is 30.7. The predicted octanol–water partition coefficient (Wildman–Crippen LogP) is 11.7. The van der Waals surface area contributed by atoms with Crippen molar-refractivity contribution in [3.05, 3.63) is 29.8 Å². The van der Waals surface area contributed by atoms with Gasteiger partial charge in [0.1, 0.15) is 4.90 Å². The Kier molecular flexibility index (Phi) is 67.1. The van der Waals surface area contributed by atoms with Crippen molar-refractivity contribution in [2.45, 2.75) is 334 Å². The third-order valence-electron chi connectivity index (χ3n) is 13.6. The van der Waals surface area contributed by atoms with Crippen LogP contribution in [0.2, 0.25) is 0 Å². The number of unbranched alkanes of at least 4 members (excludes halogenated alkanes) is 42. The van der Waals surface area contributed by atoms with E-state index in [1.165, 1.54) is 263 Å². The summed E-state index contributed by atoms with van der Waals surface area (Å²) in [5.41, 5.74) is 0.220. The predicted molar refractivity (Wildman–Crippen MR) is 301 cm³/mol. The molecule has 0 saturated heterocycles. The van der Waals surface area contributed by atoms with E-state index in [-0.39, 0.29) is 82.3 Å². The molecular formula is C61H110MgNNaO9S. The second kappa shape index (κ2) is 62.7. The molecule has 1 N–H and O–H groups in total. The number of carbonyl (C=O) groups excluding carboxylic acids is 4. The molecule has 0 spiro atoms. The van der Waals surface area contributed by atoms with Gasteiger partial charge < -0.3 is 29.7 Å². The SMILES string of the molecule is CCCCCCCCCCCCCCCCCC(=O)[O-].CCCCCCCCCCCCCCCCCC(=O)[O-].CCCCCCCCCCCCCCCCCC(=O)[O-].O=C1NS(=O)(=O)c2ccccc21.[Mg+2].[Na+]. The molecule has 0 fully saturated rings. The summed E-state index contributed by atoms with van der Waals surface area (Å²) >= 11 is 0. The summed E-state index contributed by atoms with van der Waals surface area (Å²) in [6, 6.07) is 6.09. The van der Waals surface area contributed by atoms with E-state index < -0.39 is 33.8 Å². The number of hydrogen-bond acceptors (Lipinski definition) is 9. The van der Waals surface area contributed by atoms with Crippen molar-refractivity contribution in [3.63, 3.8) is 0 Å². The van der Waals surface area contributed by atoms with E-state index >= 15 is 0 Å². The van der Waals surface area contributed by atoms with Crippen LogP contribution in [0.5, 0.6) is 0 Å². The maximum atomic E-state index is 11.1. The third-order valence-corrected chi connectivity index (χ3v) is 15.0. The monoisotopic (exact) mass is 1080 g/mol. The van der Waals surface area contributed by atoms with E-state index in [4.69, 9.17) is 0 Å². The van der Waals surface area contributed by atoms with Gasteiger partial charge in [-0.15, -0.1) is 0 Å². The first-order valence-corrected chi connectivity index (χ1v) is 31.7. The van der Waals surface area contributed by atoms with Gasteiger partial charge in [-0.1, -0.05) is 303 Å². The van der Waals surface area contributed by atoms with Crippen LogP contribution >= 0.6 is 0 Å². The van der Waals surface area contributed by atoms with Crippen LogP contribution < -0.4 is 49.6 Å². The molecule has 1 aromatic carbocycles. The zero-order chi connectivity index (χ0) is 53.4. The number of carboxylic acid groups (broad SMARTS) is 3. The van der Waals surface area contributed by atoms with E-state index in [1.54, 1.807) is 12.1 Å². The largest absolute Gasteiger partial charge is 2.00 e. The number of hydrogen-bond donors (Lipinski definition) is 1. The summed E-state index contributed by atoms with van der Waals surface area (Å²) in [6.07, 6.45) is 59.6. The van der Waals surface area contributed by atoms with Gasteiger partial charge in [0.25, 0.3) is 15.9 Å². The Morgan fingerprint density at radius 2 is 0.554 bits per heavy atom. The molecule has 0 radical (unpaired) electrons. The second-order valence-electron chi connectivity index (χ2n) is 20.6. The fourth-order valence-corrected chi connectivity index (χ4v) is 10.2. The number of fused-ring (bicyclic) bond motifs is 1. The summed E-state index contributed by atoms with van der Waals surface area (Å²) in [7, 11) is -3.55. The summed E-state index contributed by atoms with van der Waals surface area (Å²) < 4.78 is 24.2. The standard InChI is InChI=1S/3C18H36O2.C7H5NO3S.Mg.Na/c3*1-2-3-4-5-6-7-8-9-10-11-12-13-14-15-16-17-18(19)20;9-7-5-3-1-2-4-6(5)12(10,11)8-7;;/h3*2-17H2,1H3,(H,19,20);1-4H,(H,8,9);;/q;;;;+2;+1/p-3. The van der Waals surface area contributed by atoms with Crippen molar-refractivity contribution in [2.75, 3.05) is 0 Å². The van der Waals surface area contributed by atoms with Crippen LogP contribution in [0, 0.1) is 0 Å². The Balaban J connectivity index is -0.000000443. The molecule has 1 aliphatic rings. The van der Waals surface area contributed by atoms with Gasteiger partial charge in [0, 0.05) is 17.9 Å². The van der Waals surface area contributed by atoms with Crippen LogP contribution in [0.25, 0.3) is 0 Å². The van der Waals surface area contributed by atoms with Gasteiger partial charge >= 0.3 is 52.6 Å². The molecule has 0 aliphatic carbocycles. The number of sulfonamides is 1. The summed E-state index contributed by atoms with van der Waals surface area (Å²) in [4.78, 5) is 41.7. The van der Waals surface area contributed by atoms with Crippen LogP contribution in [-0.2, 0) is 24.4 Å². The maximum absolute atomic E-state index is 11.1. The number of benzene rings is 1. The third kappa shape index (κ3) is 60.1. The molecule has 0 bridgehead atoms. The van der Waals surface area contributed by atoms with E-state index in [2.05, 4.69) is 20.8 Å². The van der Waals surface area contributed by atoms with E-state index in [1.807, 2.05) is 4.72 Å². The smallest absolute Gasteiger partial charge is 0.550 e. The fourth-order valence-electron chi connectivity index (χ4n) is 9.04. The van der Waals surface area contributed by atoms with Crippen LogP contribution in [-0.4, -0.2) is 55.3 Å². The van der Waals surface area contributed by atoms with Crippen molar-refractivity contribution < 1.29 is 72.5 Å². The minimum atomic E-state index is -3.55. The van der Waals surface area contributed by atoms with Crippen molar-refractivity contribution >= 4 is 56.9 Å². The molecule has 422 valence electrons. The fraction of sp³-hybridized carbons (Fsp3) is 0.836. The number of amides is 1. The van der Waals surface area contributed by atoms with Gasteiger partial charge in [0.2, 0.25) is 0 Å². The summed E-state index contributed by atoms with van der Waals surface area (Å²) in [6.45, 7) is 6.80. The molecule has 74 heavy (non-hydrogen) atoms. The number of rotatable bonds is 48. The van der Waals surface area contributed by atoms with Crippen molar-refractivity contribution in [2.24, 2.45) is 0 Å². The zero-order valence-electron chi connectivity index (χ0n) is 48.5. The quantitative estimate of drug-likeness (QED) is 0.0490. The van der Waals surface area contributed by atoms with Crippen molar-refractivity contribution in [3.8, 4) is 0 Å².